The molecule has 0 heterocycles. The minimum absolute atomic E-state index is 0.124. The Morgan fingerprint density at radius 2 is 2.00 bits per heavy atom. The van der Waals surface area contributed by atoms with Crippen LogP contribution < -0.4 is 10.6 Å². The van der Waals surface area contributed by atoms with Crippen molar-refractivity contribution in [2.45, 2.75) is 6.92 Å². The van der Waals surface area contributed by atoms with Crippen molar-refractivity contribution < 1.29 is 19.1 Å². The lowest BCUT2D eigenvalue weighted by Crippen LogP contribution is -2.13. The molecule has 1 rings (SSSR count). The van der Waals surface area contributed by atoms with Gasteiger partial charge in [0.1, 0.15) is 6.61 Å². The van der Waals surface area contributed by atoms with Crippen LogP contribution >= 0.6 is 0 Å². The van der Waals surface area contributed by atoms with E-state index in [1.165, 1.54) is 14.0 Å². The van der Waals surface area contributed by atoms with Gasteiger partial charge in [-0.15, -0.1) is 0 Å². The van der Waals surface area contributed by atoms with E-state index >= 15 is 0 Å². The fourth-order valence-electron chi connectivity index (χ4n) is 1.30. The molecule has 18 heavy (non-hydrogen) atoms. The molecular formula is C12H16N2O4. The smallest absolute Gasteiger partial charge is 0.438 e. The van der Waals surface area contributed by atoms with E-state index in [4.69, 9.17) is 4.74 Å². The van der Waals surface area contributed by atoms with E-state index < -0.39 is 6.16 Å². The molecular weight excluding hydrogens is 236 g/mol. The Hall–Kier alpha value is -2.24. The number of methoxy groups -OCH3 is 1. The molecule has 0 aromatic heterocycles. The summed E-state index contributed by atoms with van der Waals surface area (Å²) in [5, 5.41) is 5.73. The van der Waals surface area contributed by atoms with Crippen LogP contribution in [0.3, 0.4) is 0 Å². The summed E-state index contributed by atoms with van der Waals surface area (Å²) in [6, 6.07) is 7.25. The van der Waals surface area contributed by atoms with Gasteiger partial charge in [0.15, 0.2) is 0 Å². The van der Waals surface area contributed by atoms with Crippen molar-refractivity contribution >= 4 is 23.4 Å². The van der Waals surface area contributed by atoms with Gasteiger partial charge in [-0.1, -0.05) is 6.07 Å². The first-order valence-electron chi connectivity index (χ1n) is 5.44. The topological polar surface area (TPSA) is 76.7 Å². The highest BCUT2D eigenvalue weighted by molar-refractivity contribution is 5.89. The number of benzene rings is 1. The van der Waals surface area contributed by atoms with Gasteiger partial charge in [0.25, 0.3) is 0 Å². The lowest BCUT2D eigenvalue weighted by Gasteiger charge is -2.08. The van der Waals surface area contributed by atoms with Gasteiger partial charge in [-0.05, 0) is 18.2 Å². The van der Waals surface area contributed by atoms with Crippen molar-refractivity contribution in [1.29, 1.82) is 0 Å². The molecule has 6 nitrogen and oxygen atoms in total. The molecule has 0 radical (unpaired) electrons. The molecule has 1 amide bonds. The van der Waals surface area contributed by atoms with Crippen molar-refractivity contribution in [2.24, 2.45) is 0 Å². The Morgan fingerprint density at radius 1 is 1.28 bits per heavy atom. The highest BCUT2D eigenvalue weighted by atomic mass is 16.7. The monoisotopic (exact) mass is 252 g/mol. The Kier molecular flexibility index (Phi) is 5.50. The molecule has 6 heteroatoms. The van der Waals surface area contributed by atoms with Gasteiger partial charge >= 0.3 is 6.16 Å². The van der Waals surface area contributed by atoms with Crippen LogP contribution in [0.4, 0.5) is 16.2 Å². The first-order valence-corrected chi connectivity index (χ1v) is 5.44. The third kappa shape index (κ3) is 5.20. The van der Waals surface area contributed by atoms with E-state index in [0.29, 0.717) is 12.2 Å². The van der Waals surface area contributed by atoms with E-state index in [1.54, 1.807) is 12.1 Å². The fourth-order valence-corrected chi connectivity index (χ4v) is 1.30. The fraction of sp³-hybridized carbons (Fsp3) is 0.333. The van der Waals surface area contributed by atoms with Crippen LogP contribution in [0.5, 0.6) is 0 Å². The summed E-state index contributed by atoms with van der Waals surface area (Å²) in [5.41, 5.74) is 1.54. The predicted octanol–water partition coefficient (Wildman–Crippen LogP) is 1.84. The van der Waals surface area contributed by atoms with E-state index in [9.17, 15) is 9.59 Å². The van der Waals surface area contributed by atoms with Gasteiger partial charge in [-0.3, -0.25) is 4.79 Å². The third-order valence-electron chi connectivity index (χ3n) is 2.00. The van der Waals surface area contributed by atoms with Gasteiger partial charge in [0, 0.05) is 24.8 Å². The number of hydrogen-bond donors (Lipinski definition) is 2. The second-order valence-electron chi connectivity index (χ2n) is 3.49. The van der Waals surface area contributed by atoms with Crippen LogP contribution in [-0.4, -0.2) is 32.3 Å². The Balaban J connectivity index is 2.38. The summed E-state index contributed by atoms with van der Waals surface area (Å²) in [6.07, 6.45) is -0.705. The zero-order valence-electron chi connectivity index (χ0n) is 10.4. The average molecular weight is 252 g/mol. The van der Waals surface area contributed by atoms with E-state index in [1.807, 2.05) is 12.1 Å². The lowest BCUT2D eigenvalue weighted by molar-refractivity contribution is -0.114. The van der Waals surface area contributed by atoms with Crippen LogP contribution in [0.15, 0.2) is 24.3 Å². The normalized spacial score (nSPS) is 9.44. The van der Waals surface area contributed by atoms with Gasteiger partial charge in [-0.25, -0.2) is 4.79 Å². The quantitative estimate of drug-likeness (QED) is 0.617. The van der Waals surface area contributed by atoms with Gasteiger partial charge in [0.05, 0.1) is 7.11 Å². The summed E-state index contributed by atoms with van der Waals surface area (Å²) in [5.74, 6) is -0.124. The SMILES string of the molecule is COC(=O)OCCNc1cccc(NC(C)=O)c1. The molecule has 0 fully saturated rings. The maximum Gasteiger partial charge on any atom is 0.508 e. The van der Waals surface area contributed by atoms with E-state index in [-0.39, 0.29) is 12.5 Å². The number of hydrogen-bond acceptors (Lipinski definition) is 5. The summed E-state index contributed by atoms with van der Waals surface area (Å²) in [7, 11) is 1.26. The van der Waals surface area contributed by atoms with Crippen LogP contribution in [0.2, 0.25) is 0 Å². The maximum atomic E-state index is 10.9. The molecule has 0 aliphatic heterocycles. The highest BCUT2D eigenvalue weighted by Gasteiger charge is 2.00. The summed E-state index contributed by atoms with van der Waals surface area (Å²) >= 11 is 0. The second kappa shape index (κ2) is 7.16. The van der Waals surface area contributed by atoms with Crippen LogP contribution in [0.1, 0.15) is 6.92 Å². The van der Waals surface area contributed by atoms with Crippen LogP contribution in [0, 0.1) is 0 Å². The highest BCUT2D eigenvalue weighted by Crippen LogP contribution is 2.14. The van der Waals surface area contributed by atoms with Crippen molar-refractivity contribution in [3.63, 3.8) is 0 Å². The number of carbonyl (C=O) groups excluding carboxylic acids is 2. The Labute approximate surface area is 105 Å². The largest absolute Gasteiger partial charge is 0.508 e. The number of ether oxygens (including phenoxy) is 2. The van der Waals surface area contributed by atoms with Crippen molar-refractivity contribution in [3.8, 4) is 0 Å². The third-order valence-corrected chi connectivity index (χ3v) is 2.00. The summed E-state index contributed by atoms with van der Waals surface area (Å²) in [6.45, 7) is 2.11. The van der Waals surface area contributed by atoms with E-state index in [0.717, 1.165) is 5.69 Å². The first-order chi connectivity index (χ1) is 8.61. The summed E-state index contributed by atoms with van der Waals surface area (Å²) in [4.78, 5) is 21.6. The lowest BCUT2D eigenvalue weighted by atomic mass is 10.2. The Morgan fingerprint density at radius 3 is 2.67 bits per heavy atom. The zero-order valence-corrected chi connectivity index (χ0v) is 10.4. The number of anilines is 2. The minimum Gasteiger partial charge on any atom is -0.438 e. The zero-order chi connectivity index (χ0) is 13.4. The average Bonchev–Trinajstić information content (AvgIpc) is 2.34. The molecule has 0 aliphatic carbocycles. The van der Waals surface area contributed by atoms with Crippen LogP contribution in [-0.2, 0) is 14.3 Å². The van der Waals surface area contributed by atoms with Gasteiger partial charge in [-0.2, -0.15) is 0 Å². The standard InChI is InChI=1S/C12H16N2O4/c1-9(15)14-11-5-3-4-10(8-11)13-6-7-18-12(16)17-2/h3-5,8,13H,6-7H2,1-2H3,(H,14,15). The number of rotatable bonds is 5. The van der Waals surface area contributed by atoms with Crippen molar-refractivity contribution in [3.05, 3.63) is 24.3 Å². The molecule has 0 spiro atoms. The molecule has 0 saturated heterocycles. The van der Waals surface area contributed by atoms with Gasteiger partial charge < -0.3 is 20.1 Å². The Bertz CT molecular complexity index is 420. The first kappa shape index (κ1) is 13.8. The molecule has 0 unspecified atom stereocenters. The minimum atomic E-state index is -0.705. The molecule has 0 atom stereocenters. The van der Waals surface area contributed by atoms with Crippen molar-refractivity contribution in [1.82, 2.24) is 0 Å². The molecule has 1 aromatic rings. The van der Waals surface area contributed by atoms with Crippen LogP contribution in [0.25, 0.3) is 0 Å². The van der Waals surface area contributed by atoms with Gasteiger partial charge in [0.2, 0.25) is 5.91 Å². The molecule has 0 aliphatic rings. The van der Waals surface area contributed by atoms with Crippen molar-refractivity contribution in [2.75, 3.05) is 30.9 Å². The summed E-state index contributed by atoms with van der Waals surface area (Å²) < 4.78 is 9.04. The second-order valence-corrected chi connectivity index (χ2v) is 3.49. The number of amides is 1. The number of nitrogens with one attached hydrogen (secondary N) is 2. The van der Waals surface area contributed by atoms with E-state index in [2.05, 4.69) is 15.4 Å². The maximum absolute atomic E-state index is 10.9. The number of carbonyl (C=O) groups is 2. The molecule has 2 N–H and O–H groups in total. The molecule has 0 saturated carbocycles. The molecule has 1 aromatic carbocycles. The predicted molar refractivity (Wildman–Crippen MR) is 67.6 cm³/mol. The molecule has 0 bridgehead atoms. The molecule has 98 valence electrons.